The lowest BCUT2D eigenvalue weighted by molar-refractivity contribution is -0.127. The molecule has 30 heavy (non-hydrogen) atoms. The molecule has 9 heteroatoms. The molecule has 0 N–H and O–H groups in total. The lowest BCUT2D eigenvalue weighted by Gasteiger charge is -2.19. The molecule has 0 fully saturated rings. The number of ether oxygens (including phenoxy) is 2. The molecule has 4 rings (SSSR count). The van der Waals surface area contributed by atoms with Gasteiger partial charge in [0.1, 0.15) is 13.2 Å². The maximum Gasteiger partial charge on any atom is 0.233 e. The van der Waals surface area contributed by atoms with Gasteiger partial charge in [-0.3, -0.25) is 4.79 Å². The molecule has 1 amide bonds. The van der Waals surface area contributed by atoms with Crippen molar-refractivity contribution in [3.05, 3.63) is 45.7 Å². The van der Waals surface area contributed by atoms with E-state index in [0.717, 1.165) is 43.7 Å². The van der Waals surface area contributed by atoms with Crippen molar-refractivity contribution in [3.8, 4) is 22.8 Å². The molecule has 0 radical (unpaired) electrons. The standard InChI is InChI=1S/C21H22ClN3O3S2/c1-3-25-16(14-4-6-17-18(10-14)28-9-8-27-17)11-23-21(25)29-13-20(26)24(2)12-15-5-7-19(22)30-15/h4-7,10-11H,3,8-9,12-13H2,1-2H3. The topological polar surface area (TPSA) is 56.6 Å². The maximum absolute atomic E-state index is 12.6. The van der Waals surface area contributed by atoms with Crippen LogP contribution in [0.4, 0.5) is 0 Å². The van der Waals surface area contributed by atoms with Crippen molar-refractivity contribution in [3.63, 3.8) is 0 Å². The number of thioether (sulfide) groups is 1. The summed E-state index contributed by atoms with van der Waals surface area (Å²) in [6.07, 6.45) is 1.85. The van der Waals surface area contributed by atoms with Crippen LogP contribution in [0.5, 0.6) is 11.5 Å². The van der Waals surface area contributed by atoms with Gasteiger partial charge < -0.3 is 18.9 Å². The van der Waals surface area contributed by atoms with Crippen LogP contribution < -0.4 is 9.47 Å². The summed E-state index contributed by atoms with van der Waals surface area (Å²) in [7, 11) is 1.81. The van der Waals surface area contributed by atoms with Gasteiger partial charge in [0.25, 0.3) is 0 Å². The monoisotopic (exact) mass is 463 g/mol. The van der Waals surface area contributed by atoms with E-state index in [2.05, 4.69) is 16.5 Å². The SMILES string of the molecule is CCn1c(-c2ccc3c(c2)OCCO3)cnc1SCC(=O)N(C)Cc1ccc(Cl)s1. The minimum atomic E-state index is 0.0519. The van der Waals surface area contributed by atoms with Crippen molar-refractivity contribution in [2.24, 2.45) is 0 Å². The minimum Gasteiger partial charge on any atom is -0.486 e. The van der Waals surface area contributed by atoms with E-state index in [4.69, 9.17) is 21.1 Å². The Morgan fingerprint density at radius 1 is 1.27 bits per heavy atom. The highest BCUT2D eigenvalue weighted by atomic mass is 35.5. The van der Waals surface area contributed by atoms with Crippen LogP contribution in [0.1, 0.15) is 11.8 Å². The Bertz CT molecular complexity index is 1050. The van der Waals surface area contributed by atoms with E-state index in [0.29, 0.717) is 25.5 Å². The van der Waals surface area contributed by atoms with Crippen LogP contribution in [0, 0.1) is 0 Å². The zero-order valence-corrected chi connectivity index (χ0v) is 19.1. The number of carbonyl (C=O) groups is 1. The maximum atomic E-state index is 12.6. The number of imidazole rings is 1. The molecule has 1 aliphatic heterocycles. The highest BCUT2D eigenvalue weighted by Crippen LogP contribution is 2.35. The first kappa shape index (κ1) is 21.1. The molecular weight excluding hydrogens is 442 g/mol. The number of benzene rings is 1. The third-order valence-corrected chi connectivity index (χ3v) is 6.94. The number of fused-ring (bicyclic) bond motifs is 1. The van der Waals surface area contributed by atoms with E-state index in [1.54, 1.807) is 4.90 Å². The average Bonchev–Trinajstić information content (AvgIpc) is 3.36. The van der Waals surface area contributed by atoms with Gasteiger partial charge in [0.05, 0.1) is 28.5 Å². The van der Waals surface area contributed by atoms with E-state index in [1.807, 2.05) is 43.6 Å². The molecule has 0 unspecified atom stereocenters. The van der Waals surface area contributed by atoms with Crippen molar-refractivity contribution < 1.29 is 14.3 Å². The van der Waals surface area contributed by atoms with Crippen LogP contribution in [-0.4, -0.2) is 46.4 Å². The van der Waals surface area contributed by atoms with E-state index in [9.17, 15) is 4.79 Å². The molecule has 1 aromatic carbocycles. The summed E-state index contributed by atoms with van der Waals surface area (Å²) < 4.78 is 14.2. The third-order valence-electron chi connectivity index (χ3n) is 4.75. The first-order valence-electron chi connectivity index (χ1n) is 9.61. The van der Waals surface area contributed by atoms with Crippen molar-refractivity contribution in [2.75, 3.05) is 26.0 Å². The number of hydrogen-bond acceptors (Lipinski definition) is 6. The Balaban J connectivity index is 1.44. The highest BCUT2D eigenvalue weighted by Gasteiger charge is 2.18. The number of rotatable bonds is 7. The van der Waals surface area contributed by atoms with Crippen LogP contribution >= 0.6 is 34.7 Å². The number of aromatic nitrogens is 2. The Labute approximate surface area is 188 Å². The molecule has 0 spiro atoms. The van der Waals surface area contributed by atoms with Crippen molar-refractivity contribution in [1.82, 2.24) is 14.5 Å². The zero-order chi connectivity index (χ0) is 21.1. The third kappa shape index (κ3) is 4.61. The van der Waals surface area contributed by atoms with Crippen molar-refractivity contribution >= 4 is 40.6 Å². The van der Waals surface area contributed by atoms with E-state index >= 15 is 0 Å². The van der Waals surface area contributed by atoms with Gasteiger partial charge in [0.15, 0.2) is 16.7 Å². The predicted octanol–water partition coefficient (Wildman–Crippen LogP) is 4.81. The molecule has 3 aromatic rings. The number of nitrogens with zero attached hydrogens (tertiary/aromatic N) is 3. The molecule has 0 saturated carbocycles. The molecule has 158 valence electrons. The number of carbonyl (C=O) groups excluding carboxylic acids is 1. The number of halogens is 1. The fourth-order valence-electron chi connectivity index (χ4n) is 3.21. The number of thiophene rings is 1. The average molecular weight is 464 g/mol. The zero-order valence-electron chi connectivity index (χ0n) is 16.8. The molecule has 0 aliphatic carbocycles. The summed E-state index contributed by atoms with van der Waals surface area (Å²) in [6.45, 7) is 4.51. The predicted molar refractivity (Wildman–Crippen MR) is 121 cm³/mol. The normalized spacial score (nSPS) is 12.8. The largest absolute Gasteiger partial charge is 0.486 e. The van der Waals surface area contributed by atoms with Gasteiger partial charge in [0, 0.05) is 24.0 Å². The van der Waals surface area contributed by atoms with Crippen LogP contribution in [0.3, 0.4) is 0 Å². The van der Waals surface area contributed by atoms with Gasteiger partial charge in [-0.25, -0.2) is 4.98 Å². The Kier molecular flexibility index (Phi) is 6.55. The summed E-state index contributed by atoms with van der Waals surface area (Å²) in [5.41, 5.74) is 2.00. The van der Waals surface area contributed by atoms with Gasteiger partial charge in [0.2, 0.25) is 5.91 Å². The van der Waals surface area contributed by atoms with Gasteiger partial charge in [-0.2, -0.15) is 0 Å². The van der Waals surface area contributed by atoms with E-state index in [-0.39, 0.29) is 5.91 Å². The summed E-state index contributed by atoms with van der Waals surface area (Å²) in [5.74, 6) is 1.90. The summed E-state index contributed by atoms with van der Waals surface area (Å²) in [5, 5.41) is 0.823. The van der Waals surface area contributed by atoms with Crippen LogP contribution in [0.15, 0.2) is 41.7 Å². The second kappa shape index (κ2) is 9.32. The molecule has 6 nitrogen and oxygen atoms in total. The van der Waals surface area contributed by atoms with Gasteiger partial charge >= 0.3 is 0 Å². The minimum absolute atomic E-state index is 0.0519. The quantitative estimate of drug-likeness (QED) is 0.471. The van der Waals surface area contributed by atoms with Crippen LogP contribution in [0.2, 0.25) is 4.34 Å². The lowest BCUT2D eigenvalue weighted by Crippen LogP contribution is -2.27. The van der Waals surface area contributed by atoms with Crippen LogP contribution in [0.25, 0.3) is 11.3 Å². The second-order valence-corrected chi connectivity index (χ2v) is 9.52. The molecule has 0 bridgehead atoms. The van der Waals surface area contributed by atoms with Crippen molar-refractivity contribution in [1.29, 1.82) is 0 Å². The fourth-order valence-corrected chi connectivity index (χ4v) is 5.33. The fraction of sp³-hybridized carbons (Fsp3) is 0.333. The smallest absolute Gasteiger partial charge is 0.233 e. The number of hydrogen-bond donors (Lipinski definition) is 0. The highest BCUT2D eigenvalue weighted by molar-refractivity contribution is 7.99. The first-order valence-corrected chi connectivity index (χ1v) is 11.8. The Hall–Kier alpha value is -2.16. The van der Waals surface area contributed by atoms with E-state index < -0.39 is 0 Å². The lowest BCUT2D eigenvalue weighted by atomic mass is 10.1. The van der Waals surface area contributed by atoms with Gasteiger partial charge in [-0.05, 0) is 37.3 Å². The van der Waals surface area contributed by atoms with Gasteiger partial charge in [-0.15, -0.1) is 11.3 Å². The summed E-state index contributed by atoms with van der Waals surface area (Å²) in [4.78, 5) is 19.9. The molecule has 2 aromatic heterocycles. The van der Waals surface area contributed by atoms with Crippen LogP contribution in [-0.2, 0) is 17.9 Å². The molecule has 0 atom stereocenters. The molecule has 1 aliphatic rings. The molecule has 0 saturated heterocycles. The number of amides is 1. The summed E-state index contributed by atoms with van der Waals surface area (Å²) in [6, 6.07) is 9.73. The first-order chi connectivity index (χ1) is 14.5. The second-order valence-electron chi connectivity index (χ2n) is 6.77. The molecular formula is C21H22ClN3O3S2. The summed E-state index contributed by atoms with van der Waals surface area (Å²) >= 11 is 8.92. The van der Waals surface area contributed by atoms with Crippen molar-refractivity contribution in [2.45, 2.75) is 25.2 Å². The Morgan fingerprint density at radius 3 is 2.80 bits per heavy atom. The molecule has 3 heterocycles. The Morgan fingerprint density at radius 2 is 2.07 bits per heavy atom. The van der Waals surface area contributed by atoms with E-state index in [1.165, 1.54) is 23.1 Å². The van der Waals surface area contributed by atoms with Gasteiger partial charge in [-0.1, -0.05) is 23.4 Å².